The first kappa shape index (κ1) is 12.6. The van der Waals surface area contributed by atoms with Crippen molar-refractivity contribution >= 4 is 5.69 Å². The Kier molecular flexibility index (Phi) is 4.78. The number of imidazole rings is 1. The van der Waals surface area contributed by atoms with Crippen molar-refractivity contribution in [2.45, 2.75) is 18.9 Å². The minimum Gasteiger partial charge on any atom is -0.385 e. The van der Waals surface area contributed by atoms with Crippen LogP contribution in [-0.4, -0.2) is 22.6 Å². The minimum absolute atomic E-state index is 0.425. The van der Waals surface area contributed by atoms with Crippen molar-refractivity contribution in [3.8, 4) is 0 Å². The fraction of sp³-hybridized carbons (Fsp3) is 0.357. The number of hydrogen-bond donors (Lipinski definition) is 2. The van der Waals surface area contributed by atoms with Gasteiger partial charge in [0, 0.05) is 30.7 Å². The first-order valence-electron chi connectivity index (χ1n) is 6.36. The van der Waals surface area contributed by atoms with E-state index in [2.05, 4.69) is 27.0 Å². The van der Waals surface area contributed by atoms with Crippen LogP contribution >= 0.6 is 0 Å². The van der Waals surface area contributed by atoms with Crippen molar-refractivity contribution < 1.29 is 0 Å². The first-order valence-corrected chi connectivity index (χ1v) is 6.36. The molecule has 0 radical (unpaired) electrons. The number of nitrogens with two attached hydrogens (primary N) is 1. The molecule has 1 atom stereocenters. The molecule has 0 amide bonds. The van der Waals surface area contributed by atoms with E-state index in [1.807, 2.05) is 36.9 Å². The molecule has 0 fully saturated rings. The lowest BCUT2D eigenvalue weighted by molar-refractivity contribution is 0.451. The largest absolute Gasteiger partial charge is 0.385 e. The molecule has 0 aliphatic heterocycles. The number of nitrogens with zero attached hydrogens (tertiary/aromatic N) is 2. The van der Waals surface area contributed by atoms with Crippen LogP contribution in [0.2, 0.25) is 0 Å². The Bertz CT molecular complexity index is 424. The molecule has 0 saturated carbocycles. The van der Waals surface area contributed by atoms with Gasteiger partial charge in [-0.15, -0.1) is 0 Å². The van der Waals surface area contributed by atoms with Gasteiger partial charge in [-0.1, -0.05) is 18.2 Å². The second-order valence-corrected chi connectivity index (χ2v) is 4.32. The Morgan fingerprint density at radius 1 is 1.22 bits per heavy atom. The lowest BCUT2D eigenvalue weighted by Gasteiger charge is -2.18. The van der Waals surface area contributed by atoms with Gasteiger partial charge in [0.25, 0.3) is 0 Å². The van der Waals surface area contributed by atoms with E-state index >= 15 is 0 Å². The molecule has 3 N–H and O–H groups in total. The molecular formula is C14H20N4. The molecule has 4 nitrogen and oxygen atoms in total. The lowest BCUT2D eigenvalue weighted by atomic mass is 10.1. The van der Waals surface area contributed by atoms with E-state index in [0.717, 1.165) is 25.1 Å². The van der Waals surface area contributed by atoms with Gasteiger partial charge < -0.3 is 15.6 Å². The number of nitrogens with one attached hydrogen (secondary N) is 1. The van der Waals surface area contributed by atoms with Crippen molar-refractivity contribution in [1.82, 2.24) is 9.55 Å². The molecule has 4 heteroatoms. The molecule has 2 rings (SSSR count). The predicted molar refractivity (Wildman–Crippen MR) is 74.5 cm³/mol. The SMILES string of the molecule is NCCC(CCNc1ccccc1)n1ccnc1. The fourth-order valence-corrected chi connectivity index (χ4v) is 2.06. The summed E-state index contributed by atoms with van der Waals surface area (Å²) in [5.74, 6) is 0. The maximum atomic E-state index is 5.66. The van der Waals surface area contributed by atoms with Gasteiger partial charge in [-0.05, 0) is 31.5 Å². The number of aromatic nitrogens is 2. The highest BCUT2D eigenvalue weighted by atomic mass is 15.1. The maximum Gasteiger partial charge on any atom is 0.0948 e. The average molecular weight is 244 g/mol. The average Bonchev–Trinajstić information content (AvgIpc) is 2.93. The molecule has 0 aliphatic carbocycles. The summed E-state index contributed by atoms with van der Waals surface area (Å²) in [5.41, 5.74) is 6.83. The molecular weight excluding hydrogens is 224 g/mol. The molecule has 0 saturated heterocycles. The lowest BCUT2D eigenvalue weighted by Crippen LogP contribution is -2.16. The third-order valence-corrected chi connectivity index (χ3v) is 3.03. The van der Waals surface area contributed by atoms with Crippen molar-refractivity contribution in [3.05, 3.63) is 49.1 Å². The molecule has 0 bridgehead atoms. The van der Waals surface area contributed by atoms with Crippen molar-refractivity contribution in [1.29, 1.82) is 0 Å². The molecule has 1 aromatic heterocycles. The second kappa shape index (κ2) is 6.81. The van der Waals surface area contributed by atoms with Gasteiger partial charge >= 0.3 is 0 Å². The summed E-state index contributed by atoms with van der Waals surface area (Å²) < 4.78 is 2.14. The zero-order valence-corrected chi connectivity index (χ0v) is 10.5. The van der Waals surface area contributed by atoms with Gasteiger partial charge in [0.15, 0.2) is 0 Å². The molecule has 96 valence electrons. The van der Waals surface area contributed by atoms with Crippen molar-refractivity contribution in [3.63, 3.8) is 0 Å². The van der Waals surface area contributed by atoms with Crippen LogP contribution in [0.25, 0.3) is 0 Å². The van der Waals surface area contributed by atoms with Gasteiger partial charge in [-0.25, -0.2) is 4.98 Å². The summed E-state index contributed by atoms with van der Waals surface area (Å²) in [6.07, 6.45) is 7.70. The van der Waals surface area contributed by atoms with Gasteiger partial charge in [-0.3, -0.25) is 0 Å². The zero-order chi connectivity index (χ0) is 12.6. The molecule has 1 unspecified atom stereocenters. The van der Waals surface area contributed by atoms with Crippen LogP contribution in [-0.2, 0) is 0 Å². The summed E-state index contributed by atoms with van der Waals surface area (Å²) in [7, 11) is 0. The Hall–Kier alpha value is -1.81. The summed E-state index contributed by atoms with van der Waals surface area (Å²) in [6, 6.07) is 10.7. The van der Waals surface area contributed by atoms with Gasteiger partial charge in [-0.2, -0.15) is 0 Å². The van der Waals surface area contributed by atoms with Crippen LogP contribution in [0, 0.1) is 0 Å². The van der Waals surface area contributed by atoms with Crippen LogP contribution in [0.4, 0.5) is 5.69 Å². The first-order chi connectivity index (χ1) is 8.90. The number of anilines is 1. The van der Waals surface area contributed by atoms with Crippen molar-refractivity contribution in [2.24, 2.45) is 5.73 Å². The standard InChI is InChI=1S/C14H20N4/c15-8-6-14(18-11-10-16-12-18)7-9-17-13-4-2-1-3-5-13/h1-5,10-12,14,17H,6-9,15H2. The smallest absolute Gasteiger partial charge is 0.0948 e. The normalized spacial score (nSPS) is 12.3. The van der Waals surface area contributed by atoms with E-state index in [1.54, 1.807) is 0 Å². The predicted octanol–water partition coefficient (Wildman–Crippen LogP) is 2.28. The van der Waals surface area contributed by atoms with Crippen LogP contribution < -0.4 is 11.1 Å². The molecule has 2 aromatic rings. The topological polar surface area (TPSA) is 55.9 Å². The third-order valence-electron chi connectivity index (χ3n) is 3.03. The monoisotopic (exact) mass is 244 g/mol. The summed E-state index contributed by atoms with van der Waals surface area (Å²) in [5, 5.41) is 3.42. The minimum atomic E-state index is 0.425. The third kappa shape index (κ3) is 3.60. The maximum absolute atomic E-state index is 5.66. The number of para-hydroxylation sites is 1. The summed E-state index contributed by atoms with van der Waals surface area (Å²) >= 11 is 0. The van der Waals surface area contributed by atoms with Crippen LogP contribution in [0.3, 0.4) is 0 Å². The Morgan fingerprint density at radius 2 is 2.06 bits per heavy atom. The zero-order valence-electron chi connectivity index (χ0n) is 10.5. The molecule has 0 spiro atoms. The van der Waals surface area contributed by atoms with Crippen LogP contribution in [0.15, 0.2) is 49.1 Å². The molecule has 1 aromatic carbocycles. The van der Waals surface area contributed by atoms with Gasteiger partial charge in [0.1, 0.15) is 0 Å². The van der Waals surface area contributed by atoms with E-state index in [-0.39, 0.29) is 0 Å². The number of benzene rings is 1. The number of hydrogen-bond acceptors (Lipinski definition) is 3. The highest BCUT2D eigenvalue weighted by Gasteiger charge is 2.08. The van der Waals surface area contributed by atoms with Crippen molar-refractivity contribution in [2.75, 3.05) is 18.4 Å². The van der Waals surface area contributed by atoms with E-state index < -0.39 is 0 Å². The van der Waals surface area contributed by atoms with Gasteiger partial charge in [0.2, 0.25) is 0 Å². The molecule has 0 aliphatic rings. The van der Waals surface area contributed by atoms with E-state index in [9.17, 15) is 0 Å². The Labute approximate surface area is 108 Å². The summed E-state index contributed by atoms with van der Waals surface area (Å²) in [4.78, 5) is 4.09. The van der Waals surface area contributed by atoms with Crippen LogP contribution in [0.5, 0.6) is 0 Å². The Balaban J connectivity index is 1.83. The molecule has 18 heavy (non-hydrogen) atoms. The molecule has 1 heterocycles. The van der Waals surface area contributed by atoms with Crippen LogP contribution in [0.1, 0.15) is 18.9 Å². The quantitative estimate of drug-likeness (QED) is 0.785. The fourth-order valence-electron chi connectivity index (χ4n) is 2.06. The van der Waals surface area contributed by atoms with Gasteiger partial charge in [0.05, 0.1) is 6.33 Å². The summed E-state index contributed by atoms with van der Waals surface area (Å²) in [6.45, 7) is 1.64. The second-order valence-electron chi connectivity index (χ2n) is 4.32. The van der Waals surface area contributed by atoms with E-state index in [0.29, 0.717) is 12.6 Å². The highest BCUT2D eigenvalue weighted by molar-refractivity contribution is 5.42. The van der Waals surface area contributed by atoms with E-state index in [1.165, 1.54) is 0 Å². The Morgan fingerprint density at radius 3 is 2.72 bits per heavy atom. The van der Waals surface area contributed by atoms with E-state index in [4.69, 9.17) is 5.73 Å². The number of rotatable bonds is 7. The highest BCUT2D eigenvalue weighted by Crippen LogP contribution is 2.15.